The topological polar surface area (TPSA) is 135 Å². The second-order valence-electron chi connectivity index (χ2n) is 11.7. The molecule has 3 heterocycles. The molecular formula is C28H35ClN6O5S. The molecule has 1 saturated heterocycles. The number of sulfonamides is 1. The monoisotopic (exact) mass is 602 g/mol. The van der Waals surface area contributed by atoms with Crippen molar-refractivity contribution in [2.75, 3.05) is 22.8 Å². The normalized spacial score (nSPS) is 18.2. The molecule has 1 aliphatic carbocycles. The summed E-state index contributed by atoms with van der Waals surface area (Å²) in [5.74, 6) is 0.407. The summed E-state index contributed by atoms with van der Waals surface area (Å²) in [5.41, 5.74) is 1.73. The third-order valence-electron chi connectivity index (χ3n) is 7.23. The largest absolute Gasteiger partial charge is 0.444 e. The van der Waals surface area contributed by atoms with Gasteiger partial charge in [-0.15, -0.1) is 0 Å². The van der Waals surface area contributed by atoms with E-state index in [1.54, 1.807) is 30.2 Å². The Morgan fingerprint density at radius 1 is 1.05 bits per heavy atom. The van der Waals surface area contributed by atoms with Gasteiger partial charge in [0.1, 0.15) is 11.4 Å². The number of carbonyl (C=O) groups is 2. The van der Waals surface area contributed by atoms with Gasteiger partial charge in [-0.1, -0.05) is 18.0 Å². The fraction of sp³-hybridized carbons (Fsp3) is 0.500. The van der Waals surface area contributed by atoms with Gasteiger partial charge in [0.15, 0.2) is 5.65 Å². The number of anilines is 2. The second-order valence-corrected chi connectivity index (χ2v) is 13.9. The van der Waals surface area contributed by atoms with E-state index < -0.39 is 21.7 Å². The highest BCUT2D eigenvalue weighted by Crippen LogP contribution is 2.38. The number of nitrogens with zero attached hydrogens (tertiary/aromatic N) is 4. The molecule has 1 aliphatic heterocycles. The van der Waals surface area contributed by atoms with E-state index in [9.17, 15) is 18.0 Å². The number of fused-ring (bicyclic) bond motifs is 1. The van der Waals surface area contributed by atoms with E-state index >= 15 is 0 Å². The van der Waals surface area contributed by atoms with Crippen molar-refractivity contribution in [1.82, 2.24) is 19.5 Å². The highest BCUT2D eigenvalue weighted by Gasteiger charge is 2.33. The molecule has 1 aromatic carbocycles. The van der Waals surface area contributed by atoms with Crippen LogP contribution in [0.3, 0.4) is 0 Å². The van der Waals surface area contributed by atoms with Crippen molar-refractivity contribution < 1.29 is 22.7 Å². The van der Waals surface area contributed by atoms with Crippen molar-refractivity contribution in [2.45, 2.75) is 76.9 Å². The lowest BCUT2D eigenvalue weighted by Crippen LogP contribution is -2.39. The van der Waals surface area contributed by atoms with Crippen LogP contribution in [-0.2, 0) is 14.8 Å². The van der Waals surface area contributed by atoms with Crippen LogP contribution in [0.15, 0.2) is 30.3 Å². The van der Waals surface area contributed by atoms with E-state index in [0.29, 0.717) is 41.1 Å². The minimum absolute atomic E-state index is 0.163. The third kappa shape index (κ3) is 6.75. The highest BCUT2D eigenvalue weighted by atomic mass is 35.5. The van der Waals surface area contributed by atoms with Crippen LogP contribution in [0.5, 0.6) is 0 Å². The molecule has 220 valence electrons. The fourth-order valence-electron chi connectivity index (χ4n) is 5.20. The maximum absolute atomic E-state index is 13.9. The number of ether oxygens (including phenoxy) is 1. The molecule has 2 aromatic heterocycles. The number of hydrogen-bond donors (Lipinski definition) is 2. The Hall–Kier alpha value is -3.38. The number of halogens is 1. The van der Waals surface area contributed by atoms with Crippen molar-refractivity contribution >= 4 is 50.8 Å². The molecule has 41 heavy (non-hydrogen) atoms. The first-order valence-corrected chi connectivity index (χ1v) is 16.0. The second kappa shape index (κ2) is 11.1. The van der Waals surface area contributed by atoms with E-state index in [-0.39, 0.29) is 23.2 Å². The van der Waals surface area contributed by atoms with Crippen LogP contribution in [-0.4, -0.2) is 58.3 Å². The van der Waals surface area contributed by atoms with Crippen molar-refractivity contribution in [3.05, 3.63) is 52.3 Å². The first-order chi connectivity index (χ1) is 19.3. The molecule has 2 amide bonds. The molecule has 3 aromatic rings. The summed E-state index contributed by atoms with van der Waals surface area (Å²) in [4.78, 5) is 33.2. The van der Waals surface area contributed by atoms with Gasteiger partial charge in [-0.3, -0.25) is 14.8 Å². The number of nitrogens with one attached hydrogen (secondary N) is 2. The Labute approximate surface area is 244 Å². The van der Waals surface area contributed by atoms with E-state index in [2.05, 4.69) is 10.0 Å². The van der Waals surface area contributed by atoms with E-state index in [1.165, 1.54) is 18.2 Å². The zero-order valence-electron chi connectivity index (χ0n) is 23.6. The van der Waals surface area contributed by atoms with Gasteiger partial charge in [-0.25, -0.2) is 18.2 Å². The summed E-state index contributed by atoms with van der Waals surface area (Å²) in [5, 5.41) is 7.96. The van der Waals surface area contributed by atoms with Crippen LogP contribution in [0.2, 0.25) is 5.02 Å². The van der Waals surface area contributed by atoms with E-state index in [1.807, 2.05) is 12.1 Å². The van der Waals surface area contributed by atoms with Crippen LogP contribution in [0, 0.1) is 0 Å². The average Bonchev–Trinajstić information content (AvgIpc) is 3.26. The number of carbonyl (C=O) groups excluding carboxylic acids is 2. The van der Waals surface area contributed by atoms with Gasteiger partial charge in [0.05, 0.1) is 29.2 Å². The summed E-state index contributed by atoms with van der Waals surface area (Å²) in [6.07, 6.45) is 5.98. The Morgan fingerprint density at radius 2 is 1.80 bits per heavy atom. The van der Waals surface area contributed by atoms with Crippen LogP contribution in [0.4, 0.5) is 16.3 Å². The molecule has 1 saturated carbocycles. The van der Waals surface area contributed by atoms with Crippen molar-refractivity contribution in [3.63, 3.8) is 0 Å². The average molecular weight is 603 g/mol. The predicted octanol–water partition coefficient (Wildman–Crippen LogP) is 5.74. The molecular weight excluding hydrogens is 568 g/mol. The van der Waals surface area contributed by atoms with Crippen LogP contribution < -0.4 is 10.0 Å². The van der Waals surface area contributed by atoms with Gasteiger partial charge < -0.3 is 9.64 Å². The predicted molar refractivity (Wildman–Crippen MR) is 157 cm³/mol. The molecule has 2 N–H and O–H groups in total. The number of likely N-dealkylation sites (tertiary alicyclic amines) is 1. The Bertz CT molecular complexity index is 1600. The first kappa shape index (κ1) is 29.1. The lowest BCUT2D eigenvalue weighted by atomic mass is 9.83. The summed E-state index contributed by atoms with van der Waals surface area (Å²) in [6, 6.07) is 7.81. The fourth-order valence-corrected chi connectivity index (χ4v) is 5.95. The zero-order valence-corrected chi connectivity index (χ0v) is 25.2. The number of rotatable bonds is 6. The smallest absolute Gasteiger partial charge is 0.413 e. The molecule has 11 nitrogen and oxygen atoms in total. The summed E-state index contributed by atoms with van der Waals surface area (Å²) < 4.78 is 33.4. The first-order valence-electron chi connectivity index (χ1n) is 13.8. The lowest BCUT2D eigenvalue weighted by molar-refractivity contribution is 0.0605. The maximum atomic E-state index is 13.9. The van der Waals surface area contributed by atoms with Gasteiger partial charge in [0, 0.05) is 35.3 Å². The zero-order chi connectivity index (χ0) is 29.5. The minimum atomic E-state index is -3.63. The molecule has 0 radical (unpaired) electrons. The number of amides is 2. The van der Waals surface area contributed by atoms with E-state index in [4.69, 9.17) is 26.4 Å². The number of piperidine rings is 1. The molecule has 2 aliphatic rings. The summed E-state index contributed by atoms with van der Waals surface area (Å²) >= 11 is 6.22. The standard InChI is InChI=1S/C28H35ClN6O5S/c1-28(2,3)40-27(37)31-25-15-21(17-8-7-9-17)30-24-16-22(32-35(24)25)23-10-5-6-13-34(23)26(36)19-14-18(29)11-12-20(19)33-41(4,38)39/h11-12,14-17,23,33H,5-10,13H2,1-4H3,(H,31,37)/t23-/m0/s1. The number of hydrogen-bond acceptors (Lipinski definition) is 7. The van der Waals surface area contributed by atoms with Crippen molar-refractivity contribution in [1.29, 1.82) is 0 Å². The maximum Gasteiger partial charge on any atom is 0.413 e. The minimum Gasteiger partial charge on any atom is -0.444 e. The molecule has 2 fully saturated rings. The number of aromatic nitrogens is 3. The molecule has 1 atom stereocenters. The van der Waals surface area contributed by atoms with Crippen LogP contribution in [0.1, 0.15) is 93.0 Å². The summed E-state index contributed by atoms with van der Waals surface area (Å²) in [7, 11) is -3.63. The lowest BCUT2D eigenvalue weighted by Gasteiger charge is -2.35. The van der Waals surface area contributed by atoms with Gasteiger partial charge in [0.25, 0.3) is 5.91 Å². The quantitative estimate of drug-likeness (QED) is 0.367. The third-order valence-corrected chi connectivity index (χ3v) is 8.06. The molecule has 0 bridgehead atoms. The van der Waals surface area contributed by atoms with Crippen molar-refractivity contribution in [3.8, 4) is 0 Å². The molecule has 0 unspecified atom stereocenters. The molecule has 0 spiro atoms. The summed E-state index contributed by atoms with van der Waals surface area (Å²) in [6.45, 7) is 5.86. The Balaban J connectivity index is 1.52. The van der Waals surface area contributed by atoms with Crippen molar-refractivity contribution in [2.24, 2.45) is 0 Å². The van der Waals surface area contributed by atoms with Gasteiger partial charge in [0.2, 0.25) is 10.0 Å². The number of benzene rings is 1. The van der Waals surface area contributed by atoms with Crippen LogP contribution >= 0.6 is 11.6 Å². The van der Waals surface area contributed by atoms with Crippen LogP contribution in [0.25, 0.3) is 5.65 Å². The Kier molecular flexibility index (Phi) is 7.90. The Morgan fingerprint density at radius 3 is 2.46 bits per heavy atom. The highest BCUT2D eigenvalue weighted by molar-refractivity contribution is 7.92. The van der Waals surface area contributed by atoms with E-state index in [0.717, 1.165) is 44.1 Å². The van der Waals surface area contributed by atoms with Gasteiger partial charge in [-0.05, 0) is 71.1 Å². The van der Waals surface area contributed by atoms with Gasteiger partial charge >= 0.3 is 6.09 Å². The van der Waals surface area contributed by atoms with Gasteiger partial charge in [-0.2, -0.15) is 9.61 Å². The SMILES string of the molecule is CC(C)(C)OC(=O)Nc1cc(C2CCC2)nc2cc([C@@H]3CCCCN3C(=O)c3cc(Cl)ccc3NS(C)(=O)=O)nn12. The molecule has 5 rings (SSSR count). The molecule has 13 heteroatoms.